The molecule has 86 valence electrons. The summed E-state index contributed by atoms with van der Waals surface area (Å²) in [4.78, 5) is 0. The number of aliphatic hydroxyl groups is 1. The van der Waals surface area contributed by atoms with Crippen LogP contribution in [0.15, 0.2) is 0 Å². The number of aliphatic hydroxyl groups excluding tert-OH is 1. The summed E-state index contributed by atoms with van der Waals surface area (Å²) >= 11 is 0. The van der Waals surface area contributed by atoms with Crippen molar-refractivity contribution in [3.05, 3.63) is 0 Å². The van der Waals surface area contributed by atoms with Gasteiger partial charge < -0.3 is 15.2 Å². The highest BCUT2D eigenvalue weighted by molar-refractivity contribution is 4.69. The lowest BCUT2D eigenvalue weighted by Crippen LogP contribution is -2.34. The zero-order chi connectivity index (χ0) is 11.0. The van der Waals surface area contributed by atoms with Crippen molar-refractivity contribution < 1.29 is 9.84 Å². The Bertz CT molecular complexity index is 135. The lowest BCUT2D eigenvalue weighted by molar-refractivity contribution is 0.106. The van der Waals surface area contributed by atoms with Crippen molar-refractivity contribution in [3.63, 3.8) is 0 Å². The maximum absolute atomic E-state index is 9.00. The van der Waals surface area contributed by atoms with Crippen molar-refractivity contribution in [2.45, 2.75) is 27.7 Å². The minimum atomic E-state index is -0.0297. The summed E-state index contributed by atoms with van der Waals surface area (Å²) in [7, 11) is 0. The molecule has 0 aromatic carbocycles. The van der Waals surface area contributed by atoms with Crippen LogP contribution in [0.4, 0.5) is 0 Å². The molecule has 0 heterocycles. The second kappa shape index (κ2) is 7.21. The Morgan fingerprint density at radius 1 is 1.36 bits per heavy atom. The second-order valence-corrected chi connectivity index (χ2v) is 4.97. The number of ether oxygens (including phenoxy) is 1. The van der Waals surface area contributed by atoms with E-state index in [2.05, 4.69) is 19.2 Å². The van der Waals surface area contributed by atoms with Crippen LogP contribution < -0.4 is 5.32 Å². The van der Waals surface area contributed by atoms with Gasteiger partial charge in [-0.3, -0.25) is 0 Å². The Hall–Kier alpha value is -0.120. The number of rotatable bonds is 8. The molecular formula is C11H25NO2. The van der Waals surface area contributed by atoms with E-state index in [4.69, 9.17) is 9.84 Å². The molecule has 0 rings (SSSR count). The molecule has 0 bridgehead atoms. The second-order valence-electron chi connectivity index (χ2n) is 4.97. The van der Waals surface area contributed by atoms with E-state index in [0.29, 0.717) is 5.92 Å². The van der Waals surface area contributed by atoms with Crippen molar-refractivity contribution >= 4 is 0 Å². The van der Waals surface area contributed by atoms with E-state index in [1.807, 2.05) is 13.8 Å². The lowest BCUT2D eigenvalue weighted by Gasteiger charge is -2.21. The molecule has 0 aromatic rings. The average Bonchev–Trinajstić information content (AvgIpc) is 2.10. The predicted molar refractivity (Wildman–Crippen MR) is 59.4 cm³/mol. The van der Waals surface area contributed by atoms with Gasteiger partial charge in [0, 0.05) is 31.7 Å². The van der Waals surface area contributed by atoms with E-state index in [0.717, 1.165) is 26.3 Å². The van der Waals surface area contributed by atoms with E-state index in [1.54, 1.807) is 0 Å². The summed E-state index contributed by atoms with van der Waals surface area (Å²) in [6, 6.07) is 0. The van der Waals surface area contributed by atoms with Gasteiger partial charge in [0.2, 0.25) is 0 Å². The van der Waals surface area contributed by atoms with Gasteiger partial charge in [-0.15, -0.1) is 0 Å². The summed E-state index contributed by atoms with van der Waals surface area (Å²) in [5.74, 6) is 0.601. The maximum atomic E-state index is 9.00. The van der Waals surface area contributed by atoms with Crippen molar-refractivity contribution in [1.29, 1.82) is 0 Å². The summed E-state index contributed by atoms with van der Waals surface area (Å²) in [6.07, 6.45) is 0. The fourth-order valence-corrected chi connectivity index (χ4v) is 0.946. The molecule has 0 aliphatic carbocycles. The quantitative estimate of drug-likeness (QED) is 0.584. The first-order valence-electron chi connectivity index (χ1n) is 5.37. The fourth-order valence-electron chi connectivity index (χ4n) is 0.946. The highest BCUT2D eigenvalue weighted by Gasteiger charge is 2.14. The molecule has 0 atom stereocenters. The minimum Gasteiger partial charge on any atom is -0.396 e. The van der Waals surface area contributed by atoms with E-state index in [-0.39, 0.29) is 12.0 Å². The molecule has 0 spiro atoms. The van der Waals surface area contributed by atoms with Crippen LogP contribution in [-0.4, -0.2) is 38.0 Å². The van der Waals surface area contributed by atoms with Crippen LogP contribution in [0.1, 0.15) is 27.7 Å². The first-order chi connectivity index (χ1) is 6.48. The van der Waals surface area contributed by atoms with Crippen molar-refractivity contribution in [2.75, 3.05) is 32.9 Å². The van der Waals surface area contributed by atoms with Gasteiger partial charge in [-0.1, -0.05) is 27.7 Å². The third kappa shape index (κ3) is 8.48. The van der Waals surface area contributed by atoms with Crippen molar-refractivity contribution in [1.82, 2.24) is 5.32 Å². The van der Waals surface area contributed by atoms with Gasteiger partial charge >= 0.3 is 0 Å². The third-order valence-electron chi connectivity index (χ3n) is 1.91. The molecule has 0 radical (unpaired) electrons. The summed E-state index contributed by atoms with van der Waals surface area (Å²) in [5.41, 5.74) is -0.0297. The molecule has 0 amide bonds. The molecule has 0 aliphatic rings. The highest BCUT2D eigenvalue weighted by atomic mass is 16.5. The molecule has 3 nitrogen and oxygen atoms in total. The molecule has 2 N–H and O–H groups in total. The van der Waals surface area contributed by atoms with Gasteiger partial charge in [0.1, 0.15) is 0 Å². The van der Waals surface area contributed by atoms with Gasteiger partial charge in [0.15, 0.2) is 0 Å². The topological polar surface area (TPSA) is 41.5 Å². The fraction of sp³-hybridized carbons (Fsp3) is 1.00. The monoisotopic (exact) mass is 203 g/mol. The highest BCUT2D eigenvalue weighted by Crippen LogP contribution is 2.10. The van der Waals surface area contributed by atoms with Crippen LogP contribution >= 0.6 is 0 Å². The van der Waals surface area contributed by atoms with Gasteiger partial charge in [-0.2, -0.15) is 0 Å². The summed E-state index contributed by atoms with van der Waals surface area (Å²) in [6.45, 7) is 11.8. The average molecular weight is 203 g/mol. The summed E-state index contributed by atoms with van der Waals surface area (Å²) in [5, 5.41) is 12.3. The number of nitrogens with one attached hydrogen (secondary N) is 1. The standard InChI is InChI=1S/C11H25NO2/c1-10(2)7-14-6-5-12-8-11(3,4)9-13/h10,12-13H,5-9H2,1-4H3. The molecule has 0 saturated carbocycles. The van der Waals surface area contributed by atoms with E-state index in [9.17, 15) is 0 Å². The Morgan fingerprint density at radius 3 is 2.50 bits per heavy atom. The molecule has 0 aliphatic heterocycles. The smallest absolute Gasteiger partial charge is 0.0591 e. The molecule has 14 heavy (non-hydrogen) atoms. The molecular weight excluding hydrogens is 178 g/mol. The van der Waals surface area contributed by atoms with E-state index in [1.165, 1.54) is 0 Å². The molecule has 3 heteroatoms. The SMILES string of the molecule is CC(C)COCCNCC(C)(C)CO. The predicted octanol–water partition coefficient (Wildman–Crippen LogP) is 1.27. The van der Waals surface area contributed by atoms with Crippen molar-refractivity contribution in [2.24, 2.45) is 11.3 Å². The van der Waals surface area contributed by atoms with Crippen LogP contribution in [-0.2, 0) is 4.74 Å². The molecule has 0 fully saturated rings. The largest absolute Gasteiger partial charge is 0.396 e. The molecule has 0 saturated heterocycles. The number of hydrogen-bond acceptors (Lipinski definition) is 3. The first-order valence-corrected chi connectivity index (χ1v) is 5.37. The van der Waals surface area contributed by atoms with Gasteiger partial charge in [-0.25, -0.2) is 0 Å². The minimum absolute atomic E-state index is 0.0297. The zero-order valence-corrected chi connectivity index (χ0v) is 9.97. The maximum Gasteiger partial charge on any atom is 0.0591 e. The van der Waals surface area contributed by atoms with Gasteiger partial charge in [0.25, 0.3) is 0 Å². The van der Waals surface area contributed by atoms with Crippen LogP contribution in [0.25, 0.3) is 0 Å². The molecule has 0 aromatic heterocycles. The third-order valence-corrected chi connectivity index (χ3v) is 1.91. The van der Waals surface area contributed by atoms with Crippen LogP contribution in [0.2, 0.25) is 0 Å². The molecule has 0 unspecified atom stereocenters. The Labute approximate surface area is 87.8 Å². The zero-order valence-electron chi connectivity index (χ0n) is 9.97. The number of hydrogen-bond donors (Lipinski definition) is 2. The summed E-state index contributed by atoms with van der Waals surface area (Å²) < 4.78 is 5.42. The van der Waals surface area contributed by atoms with E-state index >= 15 is 0 Å². The first kappa shape index (κ1) is 13.9. The van der Waals surface area contributed by atoms with Crippen LogP contribution in [0.5, 0.6) is 0 Å². The Kier molecular flexibility index (Phi) is 7.15. The Morgan fingerprint density at radius 2 is 2.00 bits per heavy atom. The van der Waals surface area contributed by atoms with E-state index < -0.39 is 0 Å². The van der Waals surface area contributed by atoms with Crippen LogP contribution in [0, 0.1) is 11.3 Å². The van der Waals surface area contributed by atoms with Gasteiger partial charge in [0.05, 0.1) is 6.61 Å². The van der Waals surface area contributed by atoms with Gasteiger partial charge in [-0.05, 0) is 5.92 Å². The van der Waals surface area contributed by atoms with Crippen molar-refractivity contribution in [3.8, 4) is 0 Å². The normalized spacial score (nSPS) is 12.4. The lowest BCUT2D eigenvalue weighted by atomic mass is 9.95. The Balaban J connectivity index is 3.21. The van der Waals surface area contributed by atoms with Crippen LogP contribution in [0.3, 0.4) is 0 Å².